The molecule has 0 aromatic carbocycles. The summed E-state index contributed by atoms with van der Waals surface area (Å²) >= 11 is 0. The van der Waals surface area contributed by atoms with E-state index in [1.165, 1.54) is 25.8 Å². The first-order chi connectivity index (χ1) is 8.08. The molecule has 3 nitrogen and oxygen atoms in total. The van der Waals surface area contributed by atoms with E-state index in [1.807, 2.05) is 13.8 Å². The Labute approximate surface area is 105 Å². The molecule has 2 rings (SSSR count). The molecule has 2 atom stereocenters. The molecule has 0 aromatic rings. The molecule has 1 aliphatic carbocycles. The molecule has 0 bridgehead atoms. The Morgan fingerprint density at radius 3 is 2.53 bits per heavy atom. The van der Waals surface area contributed by atoms with Crippen molar-refractivity contribution in [3.8, 4) is 0 Å². The smallest absolute Gasteiger partial charge is 0.222 e. The minimum absolute atomic E-state index is 0.103. The van der Waals surface area contributed by atoms with Gasteiger partial charge in [0, 0.05) is 24.5 Å². The van der Waals surface area contributed by atoms with Gasteiger partial charge in [-0.2, -0.15) is 0 Å². The molecule has 2 unspecified atom stereocenters. The number of carbonyl (C=O) groups is 1. The van der Waals surface area contributed by atoms with Crippen LogP contribution < -0.4 is 5.32 Å². The van der Waals surface area contributed by atoms with Gasteiger partial charge in [0.25, 0.3) is 0 Å². The average molecular weight is 238 g/mol. The normalized spacial score (nSPS) is 28.1. The Kier molecular flexibility index (Phi) is 4.08. The van der Waals surface area contributed by atoms with Crippen LogP contribution in [0.1, 0.15) is 46.5 Å². The molecule has 17 heavy (non-hydrogen) atoms. The first kappa shape index (κ1) is 12.9. The highest BCUT2D eigenvalue weighted by Gasteiger charge is 2.34. The van der Waals surface area contributed by atoms with Gasteiger partial charge in [-0.3, -0.25) is 9.69 Å². The molecule has 0 radical (unpaired) electrons. The van der Waals surface area contributed by atoms with E-state index < -0.39 is 0 Å². The number of carbonyl (C=O) groups excluding carboxylic acids is 1. The summed E-state index contributed by atoms with van der Waals surface area (Å²) in [6, 6.07) is 1.09. The number of nitrogens with one attached hydrogen (secondary N) is 1. The molecule has 1 saturated carbocycles. The van der Waals surface area contributed by atoms with Gasteiger partial charge in [-0.15, -0.1) is 0 Å². The van der Waals surface area contributed by atoms with Crippen molar-refractivity contribution in [3.05, 3.63) is 0 Å². The third-order valence-electron chi connectivity index (χ3n) is 4.20. The fourth-order valence-corrected chi connectivity index (χ4v) is 2.74. The van der Waals surface area contributed by atoms with E-state index in [0.717, 1.165) is 18.9 Å². The van der Waals surface area contributed by atoms with Gasteiger partial charge in [-0.05, 0) is 45.1 Å². The molecule has 98 valence electrons. The predicted octanol–water partition coefficient (Wildman–Crippen LogP) is 2.02. The van der Waals surface area contributed by atoms with Gasteiger partial charge in [0.05, 0.1) is 0 Å². The number of amides is 1. The number of nitrogens with zero attached hydrogens (tertiary/aromatic N) is 1. The van der Waals surface area contributed by atoms with Crippen LogP contribution in [0.15, 0.2) is 0 Å². The molecule has 1 saturated heterocycles. The van der Waals surface area contributed by atoms with E-state index in [9.17, 15) is 4.79 Å². The molecule has 2 fully saturated rings. The summed E-state index contributed by atoms with van der Waals surface area (Å²) < 4.78 is 0. The molecule has 1 aliphatic heterocycles. The summed E-state index contributed by atoms with van der Waals surface area (Å²) in [5.41, 5.74) is 0. The van der Waals surface area contributed by atoms with Gasteiger partial charge in [-0.25, -0.2) is 0 Å². The van der Waals surface area contributed by atoms with Gasteiger partial charge in [0.2, 0.25) is 5.91 Å². The van der Waals surface area contributed by atoms with Crippen molar-refractivity contribution in [3.63, 3.8) is 0 Å². The maximum Gasteiger partial charge on any atom is 0.222 e. The lowest BCUT2D eigenvalue weighted by molar-refractivity contribution is -0.125. The van der Waals surface area contributed by atoms with Crippen LogP contribution in [0.4, 0.5) is 0 Å². The van der Waals surface area contributed by atoms with Gasteiger partial charge in [0.15, 0.2) is 0 Å². The largest absolute Gasteiger partial charge is 0.352 e. The molecule has 3 heteroatoms. The number of likely N-dealkylation sites (tertiary alicyclic amines) is 1. The fraction of sp³-hybridized carbons (Fsp3) is 0.929. The van der Waals surface area contributed by atoms with E-state index >= 15 is 0 Å². The Morgan fingerprint density at radius 2 is 1.94 bits per heavy atom. The summed E-state index contributed by atoms with van der Waals surface area (Å²) in [6.45, 7) is 8.54. The lowest BCUT2D eigenvalue weighted by atomic mass is 10.0. The van der Waals surface area contributed by atoms with Crippen molar-refractivity contribution in [2.75, 3.05) is 13.1 Å². The second-order valence-corrected chi connectivity index (χ2v) is 6.08. The van der Waals surface area contributed by atoms with Crippen molar-refractivity contribution in [1.29, 1.82) is 0 Å². The number of hydrogen-bond donors (Lipinski definition) is 1. The SMILES string of the molecule is CC(C)C(=O)NC1CCCN(C(C)C2CC2)C1. The second-order valence-electron chi connectivity index (χ2n) is 6.08. The zero-order valence-corrected chi connectivity index (χ0v) is 11.4. The minimum atomic E-state index is 0.103. The Bertz CT molecular complexity index is 273. The summed E-state index contributed by atoms with van der Waals surface area (Å²) in [6.07, 6.45) is 5.17. The highest BCUT2D eigenvalue weighted by atomic mass is 16.1. The van der Waals surface area contributed by atoms with Crippen LogP contribution in [0.25, 0.3) is 0 Å². The van der Waals surface area contributed by atoms with Gasteiger partial charge in [-0.1, -0.05) is 13.8 Å². The molecule has 0 aromatic heterocycles. The highest BCUT2D eigenvalue weighted by Crippen LogP contribution is 2.35. The summed E-state index contributed by atoms with van der Waals surface area (Å²) in [7, 11) is 0. The van der Waals surface area contributed by atoms with Crippen LogP contribution in [0.2, 0.25) is 0 Å². The molecule has 1 amide bonds. The zero-order chi connectivity index (χ0) is 12.4. The van der Waals surface area contributed by atoms with Crippen molar-refractivity contribution < 1.29 is 4.79 Å². The van der Waals surface area contributed by atoms with Gasteiger partial charge >= 0.3 is 0 Å². The Hall–Kier alpha value is -0.570. The third-order valence-corrected chi connectivity index (χ3v) is 4.20. The van der Waals surface area contributed by atoms with Crippen molar-refractivity contribution >= 4 is 5.91 Å². The van der Waals surface area contributed by atoms with Crippen LogP contribution >= 0.6 is 0 Å². The van der Waals surface area contributed by atoms with Crippen LogP contribution in [-0.2, 0) is 4.79 Å². The lowest BCUT2D eigenvalue weighted by Crippen LogP contribution is -2.51. The van der Waals surface area contributed by atoms with E-state index in [0.29, 0.717) is 12.1 Å². The quantitative estimate of drug-likeness (QED) is 0.812. The maximum absolute atomic E-state index is 11.7. The maximum atomic E-state index is 11.7. The molecule has 0 spiro atoms. The first-order valence-electron chi connectivity index (χ1n) is 7.12. The monoisotopic (exact) mass is 238 g/mol. The first-order valence-corrected chi connectivity index (χ1v) is 7.12. The van der Waals surface area contributed by atoms with Crippen LogP contribution in [0, 0.1) is 11.8 Å². The highest BCUT2D eigenvalue weighted by molar-refractivity contribution is 5.78. The van der Waals surface area contributed by atoms with E-state index in [4.69, 9.17) is 0 Å². The molecule has 2 aliphatic rings. The van der Waals surface area contributed by atoms with E-state index in [2.05, 4.69) is 17.1 Å². The van der Waals surface area contributed by atoms with Gasteiger partial charge in [0.1, 0.15) is 0 Å². The molecule has 1 N–H and O–H groups in total. The topological polar surface area (TPSA) is 32.3 Å². The Balaban J connectivity index is 1.81. The fourth-order valence-electron chi connectivity index (χ4n) is 2.74. The summed E-state index contributed by atoms with van der Waals surface area (Å²) in [4.78, 5) is 14.3. The van der Waals surface area contributed by atoms with Crippen LogP contribution in [0.3, 0.4) is 0 Å². The Morgan fingerprint density at radius 1 is 1.24 bits per heavy atom. The average Bonchev–Trinajstić information content (AvgIpc) is 3.12. The summed E-state index contributed by atoms with van der Waals surface area (Å²) in [5.74, 6) is 1.23. The predicted molar refractivity (Wildman–Crippen MR) is 69.8 cm³/mol. The van der Waals surface area contributed by atoms with Crippen LogP contribution in [0.5, 0.6) is 0 Å². The van der Waals surface area contributed by atoms with Crippen LogP contribution in [-0.4, -0.2) is 36.0 Å². The number of hydrogen-bond acceptors (Lipinski definition) is 2. The third kappa shape index (κ3) is 3.44. The number of piperidine rings is 1. The molecular formula is C14H26N2O. The second kappa shape index (κ2) is 5.38. The van der Waals surface area contributed by atoms with E-state index in [-0.39, 0.29) is 11.8 Å². The zero-order valence-electron chi connectivity index (χ0n) is 11.4. The van der Waals surface area contributed by atoms with Gasteiger partial charge < -0.3 is 5.32 Å². The lowest BCUT2D eigenvalue weighted by Gasteiger charge is -2.37. The van der Waals surface area contributed by atoms with Crippen molar-refractivity contribution in [1.82, 2.24) is 10.2 Å². The minimum Gasteiger partial charge on any atom is -0.352 e. The number of rotatable bonds is 4. The van der Waals surface area contributed by atoms with Crippen molar-refractivity contribution in [2.24, 2.45) is 11.8 Å². The summed E-state index contributed by atoms with van der Waals surface area (Å²) in [5, 5.41) is 3.18. The van der Waals surface area contributed by atoms with Crippen molar-refractivity contribution in [2.45, 2.75) is 58.5 Å². The molecule has 1 heterocycles. The van der Waals surface area contributed by atoms with E-state index in [1.54, 1.807) is 0 Å². The standard InChI is InChI=1S/C14H26N2O/c1-10(2)14(17)15-13-5-4-8-16(9-13)11(3)12-6-7-12/h10-13H,4-9H2,1-3H3,(H,15,17). The molecular weight excluding hydrogens is 212 g/mol.